The smallest absolute Gasteiger partial charge is 0.0820 e. The van der Waals surface area contributed by atoms with Crippen LogP contribution in [0.1, 0.15) is 32.8 Å². The van der Waals surface area contributed by atoms with Gasteiger partial charge in [-0.05, 0) is 54.2 Å². The second-order valence-corrected chi connectivity index (χ2v) is 5.45. The zero-order valence-corrected chi connectivity index (χ0v) is 12.8. The molecule has 2 atom stereocenters. The third kappa shape index (κ3) is 4.02. The normalized spacial score (nSPS) is 16.3. The van der Waals surface area contributed by atoms with Crippen molar-refractivity contribution in [2.75, 3.05) is 6.61 Å². The summed E-state index contributed by atoms with van der Waals surface area (Å²) in [6, 6.07) is 2.11. The number of hydrazine groups is 1. The Morgan fingerprint density at radius 1 is 1.50 bits per heavy atom. The van der Waals surface area contributed by atoms with E-state index in [0.29, 0.717) is 6.61 Å². The van der Waals surface area contributed by atoms with Gasteiger partial charge in [0.25, 0.3) is 0 Å². The third-order valence-electron chi connectivity index (χ3n) is 3.32. The van der Waals surface area contributed by atoms with Gasteiger partial charge in [-0.3, -0.25) is 16.3 Å². The van der Waals surface area contributed by atoms with E-state index < -0.39 is 0 Å². The molecule has 0 amide bonds. The lowest BCUT2D eigenvalue weighted by Gasteiger charge is -2.36. The fourth-order valence-electron chi connectivity index (χ4n) is 2.03. The van der Waals surface area contributed by atoms with Crippen LogP contribution in [-0.4, -0.2) is 23.2 Å². The summed E-state index contributed by atoms with van der Waals surface area (Å²) >= 11 is 3.43. The molecule has 1 heterocycles. The Labute approximate surface area is 117 Å². The zero-order chi connectivity index (χ0) is 13.6. The molecule has 4 nitrogen and oxygen atoms in total. The number of hydrogen-bond donors (Lipinski definition) is 2. The molecule has 0 saturated carbocycles. The fraction of sp³-hybridized carbons (Fsp3) is 0.615. The van der Waals surface area contributed by atoms with Gasteiger partial charge in [-0.2, -0.15) is 0 Å². The topological polar surface area (TPSA) is 60.2 Å². The Morgan fingerprint density at radius 2 is 2.22 bits per heavy atom. The highest BCUT2D eigenvalue weighted by atomic mass is 79.9. The number of rotatable bonds is 7. The van der Waals surface area contributed by atoms with Gasteiger partial charge in [-0.15, -0.1) is 0 Å². The van der Waals surface area contributed by atoms with Crippen molar-refractivity contribution in [3.8, 4) is 0 Å². The zero-order valence-electron chi connectivity index (χ0n) is 11.2. The maximum atomic E-state index is 5.86. The van der Waals surface area contributed by atoms with Gasteiger partial charge in [0.05, 0.1) is 11.6 Å². The molecule has 0 radical (unpaired) electrons. The van der Waals surface area contributed by atoms with E-state index >= 15 is 0 Å². The number of aromatic nitrogens is 1. The first-order valence-electron chi connectivity index (χ1n) is 6.25. The maximum Gasteiger partial charge on any atom is 0.0820 e. The highest BCUT2D eigenvalue weighted by Crippen LogP contribution is 2.23. The summed E-state index contributed by atoms with van der Waals surface area (Å²) in [5.41, 5.74) is 3.74. The molecule has 0 fully saturated rings. The van der Waals surface area contributed by atoms with E-state index in [1.807, 2.05) is 13.1 Å². The predicted octanol–water partition coefficient (Wildman–Crippen LogP) is 2.42. The Hall–Kier alpha value is -0.490. The molecule has 1 aromatic heterocycles. The van der Waals surface area contributed by atoms with Gasteiger partial charge in [0.2, 0.25) is 0 Å². The standard InChI is InChI=1S/C13H22BrN3O/c1-4-13(3,18-5-2)12(17-15)7-10-6-11(14)9-16-8-10/h6,8-9,12,17H,4-5,7,15H2,1-3H3. The summed E-state index contributed by atoms with van der Waals surface area (Å²) in [7, 11) is 0. The Balaban J connectivity index is 2.83. The van der Waals surface area contributed by atoms with Crippen molar-refractivity contribution in [2.24, 2.45) is 5.84 Å². The molecule has 1 rings (SSSR count). The van der Waals surface area contributed by atoms with E-state index in [9.17, 15) is 0 Å². The number of pyridine rings is 1. The first-order valence-corrected chi connectivity index (χ1v) is 7.04. The number of hydrogen-bond acceptors (Lipinski definition) is 4. The molecule has 2 unspecified atom stereocenters. The molecular formula is C13H22BrN3O. The van der Waals surface area contributed by atoms with E-state index in [-0.39, 0.29) is 11.6 Å². The van der Waals surface area contributed by atoms with Crippen molar-refractivity contribution in [1.82, 2.24) is 10.4 Å². The highest BCUT2D eigenvalue weighted by molar-refractivity contribution is 9.10. The van der Waals surface area contributed by atoms with Crippen LogP contribution in [0.4, 0.5) is 0 Å². The van der Waals surface area contributed by atoms with Crippen LogP contribution in [0.2, 0.25) is 0 Å². The molecule has 0 saturated heterocycles. The summed E-state index contributed by atoms with van der Waals surface area (Å²) in [5, 5.41) is 0. The minimum absolute atomic E-state index is 0.0542. The van der Waals surface area contributed by atoms with E-state index in [0.717, 1.165) is 22.9 Å². The van der Waals surface area contributed by atoms with Crippen LogP contribution in [0.25, 0.3) is 0 Å². The third-order valence-corrected chi connectivity index (χ3v) is 3.75. The number of nitrogens with zero attached hydrogens (tertiary/aromatic N) is 1. The molecule has 102 valence electrons. The molecular weight excluding hydrogens is 294 g/mol. The lowest BCUT2D eigenvalue weighted by Crippen LogP contribution is -2.54. The van der Waals surface area contributed by atoms with Gasteiger partial charge in [0, 0.05) is 23.5 Å². The predicted molar refractivity (Wildman–Crippen MR) is 77.1 cm³/mol. The minimum Gasteiger partial charge on any atom is -0.374 e. The van der Waals surface area contributed by atoms with E-state index in [1.54, 1.807) is 6.20 Å². The molecule has 0 aliphatic rings. The van der Waals surface area contributed by atoms with E-state index in [1.165, 1.54) is 0 Å². The van der Waals surface area contributed by atoms with Crippen molar-refractivity contribution in [3.63, 3.8) is 0 Å². The minimum atomic E-state index is -0.272. The molecule has 0 bridgehead atoms. The molecule has 0 aliphatic heterocycles. The lowest BCUT2D eigenvalue weighted by molar-refractivity contribution is -0.0551. The molecule has 5 heteroatoms. The summed E-state index contributed by atoms with van der Waals surface area (Å²) in [4.78, 5) is 4.17. The Morgan fingerprint density at radius 3 is 2.72 bits per heavy atom. The molecule has 0 spiro atoms. The van der Waals surface area contributed by atoms with E-state index in [4.69, 9.17) is 10.6 Å². The average molecular weight is 316 g/mol. The van der Waals surface area contributed by atoms with Crippen LogP contribution in [0.5, 0.6) is 0 Å². The number of halogens is 1. The van der Waals surface area contributed by atoms with Crippen LogP contribution in [0.3, 0.4) is 0 Å². The molecule has 0 aliphatic carbocycles. The van der Waals surface area contributed by atoms with Crippen molar-refractivity contribution in [1.29, 1.82) is 0 Å². The Kier molecular flexibility index (Phi) is 6.21. The number of nitrogens with two attached hydrogens (primary N) is 1. The first kappa shape index (κ1) is 15.6. The maximum absolute atomic E-state index is 5.86. The second-order valence-electron chi connectivity index (χ2n) is 4.53. The van der Waals surface area contributed by atoms with E-state index in [2.05, 4.69) is 46.3 Å². The van der Waals surface area contributed by atoms with Gasteiger partial charge in [-0.25, -0.2) is 0 Å². The van der Waals surface area contributed by atoms with Crippen LogP contribution in [0, 0.1) is 0 Å². The SMILES string of the molecule is CCOC(C)(CC)C(Cc1cncc(Br)c1)NN. The van der Waals surface area contributed by atoms with Crippen LogP contribution in [-0.2, 0) is 11.2 Å². The van der Waals surface area contributed by atoms with Crippen molar-refractivity contribution >= 4 is 15.9 Å². The van der Waals surface area contributed by atoms with Gasteiger partial charge < -0.3 is 4.74 Å². The Bertz CT molecular complexity index is 375. The quantitative estimate of drug-likeness (QED) is 0.599. The van der Waals surface area contributed by atoms with Crippen molar-refractivity contribution in [2.45, 2.75) is 45.3 Å². The monoisotopic (exact) mass is 315 g/mol. The number of nitrogens with one attached hydrogen (secondary N) is 1. The molecule has 0 aromatic carbocycles. The summed E-state index contributed by atoms with van der Waals surface area (Å²) in [6.45, 7) is 6.88. The van der Waals surface area contributed by atoms with Gasteiger partial charge in [0.15, 0.2) is 0 Å². The molecule has 1 aromatic rings. The largest absolute Gasteiger partial charge is 0.374 e. The summed E-state index contributed by atoms with van der Waals surface area (Å²) < 4.78 is 6.84. The fourth-order valence-corrected chi connectivity index (χ4v) is 2.45. The lowest BCUT2D eigenvalue weighted by atomic mass is 9.89. The van der Waals surface area contributed by atoms with Gasteiger partial charge >= 0.3 is 0 Å². The summed E-state index contributed by atoms with van der Waals surface area (Å²) in [6.07, 6.45) is 5.32. The molecule has 3 N–H and O–H groups in total. The van der Waals surface area contributed by atoms with Crippen LogP contribution >= 0.6 is 15.9 Å². The van der Waals surface area contributed by atoms with Gasteiger partial charge in [0.1, 0.15) is 0 Å². The van der Waals surface area contributed by atoms with Gasteiger partial charge in [-0.1, -0.05) is 6.92 Å². The highest BCUT2D eigenvalue weighted by Gasteiger charge is 2.32. The molecule has 18 heavy (non-hydrogen) atoms. The van der Waals surface area contributed by atoms with Crippen molar-refractivity contribution in [3.05, 3.63) is 28.5 Å². The second kappa shape index (κ2) is 7.19. The van der Waals surface area contributed by atoms with Crippen molar-refractivity contribution < 1.29 is 4.74 Å². The average Bonchev–Trinajstić information content (AvgIpc) is 2.36. The summed E-state index contributed by atoms with van der Waals surface area (Å²) in [5.74, 6) is 5.69. The van der Waals surface area contributed by atoms with Crippen LogP contribution < -0.4 is 11.3 Å². The number of ether oxygens (including phenoxy) is 1. The van der Waals surface area contributed by atoms with Crippen LogP contribution in [0.15, 0.2) is 22.9 Å². The first-order chi connectivity index (χ1) is 8.55.